The maximum atomic E-state index is 6.19. The molecule has 0 aliphatic rings. The van der Waals surface area contributed by atoms with Crippen molar-refractivity contribution in [1.82, 2.24) is 0 Å². The van der Waals surface area contributed by atoms with Gasteiger partial charge in [-0.3, -0.25) is 0 Å². The molecule has 0 aliphatic heterocycles. The fourth-order valence-corrected chi connectivity index (χ4v) is 2.10. The van der Waals surface area contributed by atoms with E-state index in [9.17, 15) is 0 Å². The van der Waals surface area contributed by atoms with Gasteiger partial charge in [0.15, 0.2) is 0 Å². The van der Waals surface area contributed by atoms with E-state index in [1.807, 2.05) is 18.2 Å². The van der Waals surface area contributed by atoms with Crippen LogP contribution >= 0.6 is 23.2 Å². The summed E-state index contributed by atoms with van der Waals surface area (Å²) in [5.41, 5.74) is 2.13. The lowest BCUT2D eigenvalue weighted by atomic mass is 10.1. The lowest BCUT2D eigenvalue weighted by Crippen LogP contribution is -2.22. The van der Waals surface area contributed by atoms with Crippen LogP contribution in [0.15, 0.2) is 18.2 Å². The summed E-state index contributed by atoms with van der Waals surface area (Å²) >= 11 is 11.9. The van der Waals surface area contributed by atoms with E-state index >= 15 is 0 Å². The van der Waals surface area contributed by atoms with Gasteiger partial charge in [-0.25, -0.2) is 0 Å². The average Bonchev–Trinajstić information content (AvgIpc) is 2.16. The van der Waals surface area contributed by atoms with Crippen LogP contribution in [0.1, 0.15) is 19.4 Å². The summed E-state index contributed by atoms with van der Waals surface area (Å²) in [5.74, 6) is 1.13. The molecule has 15 heavy (non-hydrogen) atoms. The summed E-state index contributed by atoms with van der Waals surface area (Å²) < 4.78 is 0. The van der Waals surface area contributed by atoms with Crippen LogP contribution in [0.25, 0.3) is 0 Å². The summed E-state index contributed by atoms with van der Waals surface area (Å²) in [6.45, 7) is 5.38. The van der Waals surface area contributed by atoms with Crippen LogP contribution in [0.2, 0.25) is 5.02 Å². The van der Waals surface area contributed by atoms with Crippen LogP contribution in [-0.2, 0) is 5.88 Å². The summed E-state index contributed by atoms with van der Waals surface area (Å²) in [4.78, 5) is 2.17. The van der Waals surface area contributed by atoms with Crippen LogP contribution in [-0.4, -0.2) is 13.6 Å². The summed E-state index contributed by atoms with van der Waals surface area (Å²) in [6.07, 6.45) is 0. The fourth-order valence-electron chi connectivity index (χ4n) is 1.59. The van der Waals surface area contributed by atoms with Crippen molar-refractivity contribution < 1.29 is 0 Å². The van der Waals surface area contributed by atoms with Crippen molar-refractivity contribution in [3.63, 3.8) is 0 Å². The summed E-state index contributed by atoms with van der Waals surface area (Å²) in [7, 11) is 2.06. The third kappa shape index (κ3) is 3.58. The molecule has 0 unspecified atom stereocenters. The van der Waals surface area contributed by atoms with Crippen LogP contribution in [0, 0.1) is 5.92 Å². The monoisotopic (exact) mass is 245 g/mol. The van der Waals surface area contributed by atoms with Crippen LogP contribution in [0.4, 0.5) is 5.69 Å². The molecule has 0 atom stereocenters. The van der Waals surface area contributed by atoms with Crippen molar-refractivity contribution in [2.45, 2.75) is 19.7 Å². The number of anilines is 1. The second-order valence-corrected chi connectivity index (χ2v) is 4.87. The Morgan fingerprint density at radius 3 is 2.47 bits per heavy atom. The van der Waals surface area contributed by atoms with Crippen molar-refractivity contribution in [2.75, 3.05) is 18.5 Å². The van der Waals surface area contributed by atoms with E-state index < -0.39 is 0 Å². The maximum Gasteiger partial charge on any atom is 0.0642 e. The molecule has 0 bridgehead atoms. The number of rotatable bonds is 4. The Labute approximate surface area is 102 Å². The van der Waals surface area contributed by atoms with Gasteiger partial charge in [-0.2, -0.15) is 0 Å². The smallest absolute Gasteiger partial charge is 0.0642 e. The highest BCUT2D eigenvalue weighted by Gasteiger charge is 2.07. The van der Waals surface area contributed by atoms with Gasteiger partial charge in [-0.05, 0) is 23.6 Å². The van der Waals surface area contributed by atoms with Gasteiger partial charge < -0.3 is 4.90 Å². The number of hydrogen-bond acceptors (Lipinski definition) is 1. The molecule has 0 fully saturated rings. The molecule has 1 rings (SSSR count). The van der Waals surface area contributed by atoms with Crippen molar-refractivity contribution in [3.8, 4) is 0 Å². The number of alkyl halides is 1. The minimum Gasteiger partial charge on any atom is -0.373 e. The van der Waals surface area contributed by atoms with E-state index in [1.165, 1.54) is 0 Å². The zero-order valence-corrected chi connectivity index (χ0v) is 10.9. The molecule has 0 saturated carbocycles. The molecule has 0 aliphatic carbocycles. The number of halogens is 2. The molecule has 0 amide bonds. The molecule has 1 aromatic carbocycles. The SMILES string of the molecule is CC(C)CN(C)c1ccc(CCl)cc1Cl. The molecule has 1 aromatic rings. The predicted octanol–water partition coefficient (Wildman–Crippen LogP) is 4.17. The maximum absolute atomic E-state index is 6.19. The van der Waals surface area contributed by atoms with Crippen molar-refractivity contribution in [2.24, 2.45) is 5.92 Å². The molecular weight excluding hydrogens is 229 g/mol. The van der Waals surface area contributed by atoms with E-state index in [2.05, 4.69) is 25.8 Å². The van der Waals surface area contributed by atoms with Gasteiger partial charge in [0.1, 0.15) is 0 Å². The quantitative estimate of drug-likeness (QED) is 0.720. The second-order valence-electron chi connectivity index (χ2n) is 4.19. The number of benzene rings is 1. The van der Waals surface area contributed by atoms with E-state index in [0.717, 1.165) is 22.8 Å². The molecule has 0 radical (unpaired) electrons. The molecule has 0 heterocycles. The largest absolute Gasteiger partial charge is 0.373 e. The Morgan fingerprint density at radius 2 is 2.00 bits per heavy atom. The van der Waals surface area contributed by atoms with Gasteiger partial charge >= 0.3 is 0 Å². The van der Waals surface area contributed by atoms with Gasteiger partial charge in [0.2, 0.25) is 0 Å². The standard InChI is InChI=1S/C12H17Cl2N/c1-9(2)8-15(3)12-5-4-10(7-13)6-11(12)14/h4-6,9H,7-8H2,1-3H3. The zero-order chi connectivity index (χ0) is 11.4. The molecule has 84 valence electrons. The Kier molecular flexibility index (Phi) is 4.75. The fraction of sp³-hybridized carbons (Fsp3) is 0.500. The van der Waals surface area contributed by atoms with Crippen molar-refractivity contribution in [1.29, 1.82) is 0 Å². The number of hydrogen-bond donors (Lipinski definition) is 0. The first-order valence-electron chi connectivity index (χ1n) is 5.10. The van der Waals surface area contributed by atoms with Crippen molar-refractivity contribution >= 4 is 28.9 Å². The second kappa shape index (κ2) is 5.62. The predicted molar refractivity (Wildman–Crippen MR) is 69.1 cm³/mol. The average molecular weight is 246 g/mol. The highest BCUT2D eigenvalue weighted by atomic mass is 35.5. The van der Waals surface area contributed by atoms with Gasteiger partial charge in [-0.15, -0.1) is 11.6 Å². The van der Waals surface area contributed by atoms with Crippen LogP contribution in [0.5, 0.6) is 0 Å². The van der Waals surface area contributed by atoms with Crippen LogP contribution < -0.4 is 4.90 Å². The van der Waals surface area contributed by atoms with E-state index in [0.29, 0.717) is 11.8 Å². The zero-order valence-electron chi connectivity index (χ0n) is 9.43. The van der Waals surface area contributed by atoms with E-state index in [1.54, 1.807) is 0 Å². The van der Waals surface area contributed by atoms with E-state index in [4.69, 9.17) is 23.2 Å². The Hall–Kier alpha value is -0.400. The Bertz CT molecular complexity index is 323. The highest BCUT2D eigenvalue weighted by molar-refractivity contribution is 6.33. The molecule has 0 N–H and O–H groups in total. The van der Waals surface area contributed by atoms with Gasteiger partial charge in [0, 0.05) is 19.5 Å². The Morgan fingerprint density at radius 1 is 1.33 bits per heavy atom. The molecule has 3 heteroatoms. The van der Waals surface area contributed by atoms with Gasteiger partial charge in [0.05, 0.1) is 10.7 Å². The first kappa shape index (κ1) is 12.7. The molecule has 1 nitrogen and oxygen atoms in total. The molecule has 0 aromatic heterocycles. The van der Waals surface area contributed by atoms with E-state index in [-0.39, 0.29) is 0 Å². The topological polar surface area (TPSA) is 3.24 Å². The highest BCUT2D eigenvalue weighted by Crippen LogP contribution is 2.27. The first-order valence-corrected chi connectivity index (χ1v) is 6.01. The van der Waals surface area contributed by atoms with Gasteiger partial charge in [0.25, 0.3) is 0 Å². The third-order valence-corrected chi connectivity index (χ3v) is 2.83. The summed E-state index contributed by atoms with van der Waals surface area (Å²) in [6, 6.07) is 5.98. The lowest BCUT2D eigenvalue weighted by molar-refractivity contribution is 0.638. The van der Waals surface area contributed by atoms with Gasteiger partial charge in [-0.1, -0.05) is 31.5 Å². The third-order valence-electron chi connectivity index (χ3n) is 2.22. The number of nitrogens with zero attached hydrogens (tertiary/aromatic N) is 1. The minimum absolute atomic E-state index is 0.508. The first-order chi connectivity index (χ1) is 7.04. The lowest BCUT2D eigenvalue weighted by Gasteiger charge is -2.22. The normalized spacial score (nSPS) is 10.8. The Balaban J connectivity index is 2.85. The van der Waals surface area contributed by atoms with Crippen molar-refractivity contribution in [3.05, 3.63) is 28.8 Å². The molecule has 0 saturated heterocycles. The van der Waals surface area contributed by atoms with Crippen LogP contribution in [0.3, 0.4) is 0 Å². The molecule has 0 spiro atoms. The minimum atomic E-state index is 0.508. The molecular formula is C12H17Cl2N. The summed E-state index contributed by atoms with van der Waals surface area (Å²) in [5, 5.41) is 0.774.